The maximum Gasteiger partial charge on any atom is 0.128 e. The molecule has 0 amide bonds. The molecular weight excluding hydrogens is 321 g/mol. The third-order valence-corrected chi connectivity index (χ3v) is 3.70. The quantitative estimate of drug-likeness (QED) is 0.870. The lowest BCUT2D eigenvalue weighted by atomic mass is 10.1. The molecular formula is C16H17BrFNO. The van der Waals surface area contributed by atoms with Crippen LogP contribution in [-0.2, 0) is 6.54 Å². The third-order valence-electron chi connectivity index (χ3n) is 3.21. The number of hydrogen-bond acceptors (Lipinski definition) is 2. The molecule has 0 bridgehead atoms. The molecule has 2 nitrogen and oxygen atoms in total. The molecule has 1 unspecified atom stereocenters. The predicted molar refractivity (Wildman–Crippen MR) is 82.3 cm³/mol. The minimum atomic E-state index is -0.204. The van der Waals surface area contributed by atoms with E-state index in [1.54, 1.807) is 13.2 Å². The van der Waals surface area contributed by atoms with Gasteiger partial charge >= 0.3 is 0 Å². The van der Waals surface area contributed by atoms with Gasteiger partial charge in [0.05, 0.1) is 7.11 Å². The summed E-state index contributed by atoms with van der Waals surface area (Å²) in [5.41, 5.74) is 1.77. The van der Waals surface area contributed by atoms with Crippen molar-refractivity contribution < 1.29 is 9.13 Å². The van der Waals surface area contributed by atoms with E-state index in [9.17, 15) is 4.39 Å². The van der Waals surface area contributed by atoms with Gasteiger partial charge in [-0.2, -0.15) is 0 Å². The average Bonchev–Trinajstić information content (AvgIpc) is 2.46. The summed E-state index contributed by atoms with van der Waals surface area (Å²) in [7, 11) is 1.65. The summed E-state index contributed by atoms with van der Waals surface area (Å²) in [5, 5.41) is 3.32. The van der Waals surface area contributed by atoms with E-state index in [4.69, 9.17) is 4.74 Å². The van der Waals surface area contributed by atoms with Gasteiger partial charge in [-0.15, -0.1) is 0 Å². The van der Waals surface area contributed by atoms with E-state index >= 15 is 0 Å². The van der Waals surface area contributed by atoms with Crippen molar-refractivity contribution in [2.24, 2.45) is 0 Å². The van der Waals surface area contributed by atoms with Gasteiger partial charge in [0.2, 0.25) is 0 Å². The summed E-state index contributed by atoms with van der Waals surface area (Å²) in [6.07, 6.45) is 0. The molecule has 0 aliphatic carbocycles. The second kappa shape index (κ2) is 6.86. The van der Waals surface area contributed by atoms with Gasteiger partial charge in [0.25, 0.3) is 0 Å². The Kier molecular flexibility index (Phi) is 5.15. The first-order valence-corrected chi connectivity index (χ1v) is 7.20. The highest BCUT2D eigenvalue weighted by molar-refractivity contribution is 9.10. The fraction of sp³-hybridized carbons (Fsp3) is 0.250. The van der Waals surface area contributed by atoms with E-state index in [-0.39, 0.29) is 11.9 Å². The number of methoxy groups -OCH3 is 1. The Morgan fingerprint density at radius 2 is 2.05 bits per heavy atom. The summed E-state index contributed by atoms with van der Waals surface area (Å²) in [5.74, 6) is 0.621. The summed E-state index contributed by atoms with van der Waals surface area (Å²) in [4.78, 5) is 0. The molecule has 0 saturated heterocycles. The SMILES string of the molecule is COc1cccc(C(C)NCc2ccc(Br)cc2F)c1. The molecule has 0 aliphatic rings. The Bertz CT molecular complexity index is 588. The van der Waals surface area contributed by atoms with Crippen molar-refractivity contribution in [3.63, 3.8) is 0 Å². The molecule has 0 heterocycles. The van der Waals surface area contributed by atoms with Gasteiger partial charge < -0.3 is 10.1 Å². The van der Waals surface area contributed by atoms with Crippen molar-refractivity contribution in [1.82, 2.24) is 5.32 Å². The molecule has 0 saturated carbocycles. The first kappa shape index (κ1) is 15.0. The van der Waals surface area contributed by atoms with E-state index < -0.39 is 0 Å². The Hall–Kier alpha value is -1.39. The molecule has 20 heavy (non-hydrogen) atoms. The van der Waals surface area contributed by atoms with Crippen LogP contribution in [0.25, 0.3) is 0 Å². The number of halogens is 2. The molecule has 2 aromatic carbocycles. The lowest BCUT2D eigenvalue weighted by Gasteiger charge is -2.15. The first-order valence-electron chi connectivity index (χ1n) is 6.41. The highest BCUT2D eigenvalue weighted by atomic mass is 79.9. The van der Waals surface area contributed by atoms with Crippen molar-refractivity contribution >= 4 is 15.9 Å². The smallest absolute Gasteiger partial charge is 0.128 e. The average molecular weight is 338 g/mol. The normalized spacial score (nSPS) is 12.2. The minimum Gasteiger partial charge on any atom is -0.497 e. The first-order chi connectivity index (χ1) is 9.60. The van der Waals surface area contributed by atoms with Crippen LogP contribution in [0.2, 0.25) is 0 Å². The second-order valence-corrected chi connectivity index (χ2v) is 5.53. The molecule has 106 valence electrons. The van der Waals surface area contributed by atoms with E-state index in [0.29, 0.717) is 12.1 Å². The Morgan fingerprint density at radius 3 is 2.75 bits per heavy atom. The molecule has 2 rings (SSSR count). The van der Waals surface area contributed by atoms with Crippen molar-refractivity contribution in [3.05, 3.63) is 63.9 Å². The van der Waals surface area contributed by atoms with Gasteiger partial charge in [-0.1, -0.05) is 34.1 Å². The van der Waals surface area contributed by atoms with Gasteiger partial charge in [0.15, 0.2) is 0 Å². The maximum absolute atomic E-state index is 13.7. The predicted octanol–water partition coefficient (Wildman–Crippen LogP) is 4.45. The lowest BCUT2D eigenvalue weighted by Crippen LogP contribution is -2.18. The van der Waals surface area contributed by atoms with Crippen molar-refractivity contribution in [1.29, 1.82) is 0 Å². The molecule has 0 fully saturated rings. The van der Waals surface area contributed by atoms with Gasteiger partial charge in [-0.25, -0.2) is 4.39 Å². The zero-order chi connectivity index (χ0) is 14.5. The minimum absolute atomic E-state index is 0.119. The zero-order valence-electron chi connectivity index (χ0n) is 11.5. The Labute approximate surface area is 127 Å². The van der Waals surface area contributed by atoms with Gasteiger partial charge in [-0.3, -0.25) is 0 Å². The summed E-state index contributed by atoms with van der Waals surface area (Å²) >= 11 is 3.25. The standard InChI is InChI=1S/C16H17BrFNO/c1-11(12-4-3-5-15(8-12)20-2)19-10-13-6-7-14(17)9-16(13)18/h3-9,11,19H,10H2,1-2H3. The van der Waals surface area contributed by atoms with Crippen LogP contribution < -0.4 is 10.1 Å². The highest BCUT2D eigenvalue weighted by Crippen LogP contribution is 2.20. The maximum atomic E-state index is 13.7. The summed E-state index contributed by atoms with van der Waals surface area (Å²) in [6, 6.07) is 13.1. The number of ether oxygens (including phenoxy) is 1. The third kappa shape index (κ3) is 3.81. The van der Waals surface area contributed by atoms with Gasteiger partial charge in [-0.05, 0) is 36.8 Å². The van der Waals surface area contributed by atoms with Crippen LogP contribution in [0.4, 0.5) is 4.39 Å². The van der Waals surface area contributed by atoms with Crippen LogP contribution in [0.3, 0.4) is 0 Å². The molecule has 0 spiro atoms. The number of nitrogens with one attached hydrogen (secondary N) is 1. The number of hydrogen-bond donors (Lipinski definition) is 1. The topological polar surface area (TPSA) is 21.3 Å². The summed E-state index contributed by atoms with van der Waals surface area (Å²) in [6.45, 7) is 2.53. The lowest BCUT2D eigenvalue weighted by molar-refractivity contribution is 0.413. The molecule has 2 aromatic rings. The van der Waals surface area contributed by atoms with Crippen molar-refractivity contribution in [3.8, 4) is 5.75 Å². The molecule has 0 aliphatic heterocycles. The molecule has 0 radical (unpaired) electrons. The second-order valence-electron chi connectivity index (χ2n) is 4.61. The summed E-state index contributed by atoms with van der Waals surface area (Å²) < 4.78 is 19.7. The van der Waals surface area contributed by atoms with E-state index in [1.165, 1.54) is 6.07 Å². The van der Waals surface area contributed by atoms with Crippen LogP contribution in [-0.4, -0.2) is 7.11 Å². The van der Waals surface area contributed by atoms with Gasteiger partial charge in [0, 0.05) is 22.6 Å². The van der Waals surface area contributed by atoms with E-state index in [0.717, 1.165) is 15.8 Å². The van der Waals surface area contributed by atoms with E-state index in [1.807, 2.05) is 37.3 Å². The fourth-order valence-electron chi connectivity index (χ4n) is 1.96. The van der Waals surface area contributed by atoms with Crippen LogP contribution in [0.1, 0.15) is 24.1 Å². The Morgan fingerprint density at radius 1 is 1.25 bits per heavy atom. The number of benzene rings is 2. The van der Waals surface area contributed by atoms with Crippen LogP contribution in [0.5, 0.6) is 5.75 Å². The number of rotatable bonds is 5. The van der Waals surface area contributed by atoms with Crippen LogP contribution in [0, 0.1) is 5.82 Å². The monoisotopic (exact) mass is 337 g/mol. The van der Waals surface area contributed by atoms with Gasteiger partial charge in [0.1, 0.15) is 11.6 Å². The van der Waals surface area contributed by atoms with E-state index in [2.05, 4.69) is 21.2 Å². The molecule has 1 atom stereocenters. The highest BCUT2D eigenvalue weighted by Gasteiger charge is 2.08. The van der Waals surface area contributed by atoms with Crippen LogP contribution in [0.15, 0.2) is 46.9 Å². The molecule has 1 N–H and O–H groups in total. The van der Waals surface area contributed by atoms with Crippen molar-refractivity contribution in [2.45, 2.75) is 19.5 Å². The Balaban J connectivity index is 2.02. The molecule has 4 heteroatoms. The zero-order valence-corrected chi connectivity index (χ0v) is 13.1. The molecule has 0 aromatic heterocycles. The fourth-order valence-corrected chi connectivity index (χ4v) is 2.29. The van der Waals surface area contributed by atoms with Crippen molar-refractivity contribution in [2.75, 3.05) is 7.11 Å². The van der Waals surface area contributed by atoms with Crippen LogP contribution >= 0.6 is 15.9 Å². The largest absolute Gasteiger partial charge is 0.497 e.